The van der Waals surface area contributed by atoms with Gasteiger partial charge in [-0.15, -0.1) is 0 Å². The van der Waals surface area contributed by atoms with Gasteiger partial charge in [0.1, 0.15) is 17.4 Å². The number of alkyl halides is 3. The number of hydrogen-bond donors (Lipinski definition) is 1. The van der Waals surface area contributed by atoms with Crippen LogP contribution in [0.2, 0.25) is 0 Å². The third-order valence-electron chi connectivity index (χ3n) is 6.02. The standard InChI is InChI=1S/C23H28F3N5O4/c1-14-12-34-8-6-30(14)19-11-20(31-7-9-35-13-15(31)2)28-22(27-19)29-21(32)16-4-5-18(33-3)17(10-16)23(24,25)26/h4-5,10-11,14-15H,6-9,12-13H2,1-3H3,(H,27,28,29,32)/t14-,15-/m0/s1. The van der Waals surface area contributed by atoms with E-state index in [1.165, 1.54) is 6.07 Å². The van der Waals surface area contributed by atoms with Gasteiger partial charge >= 0.3 is 6.18 Å². The van der Waals surface area contributed by atoms with Crippen LogP contribution < -0.4 is 19.9 Å². The molecule has 1 aromatic carbocycles. The number of morpholine rings is 2. The fraction of sp³-hybridized carbons (Fsp3) is 0.522. The summed E-state index contributed by atoms with van der Waals surface area (Å²) in [6, 6.07) is 5.09. The molecule has 0 saturated carbocycles. The van der Waals surface area contributed by atoms with Crippen molar-refractivity contribution in [3.63, 3.8) is 0 Å². The molecule has 2 saturated heterocycles. The van der Waals surface area contributed by atoms with Crippen molar-refractivity contribution in [3.05, 3.63) is 35.4 Å². The Hall–Kier alpha value is -3.12. The summed E-state index contributed by atoms with van der Waals surface area (Å²) in [4.78, 5) is 26.1. The van der Waals surface area contributed by atoms with E-state index < -0.39 is 17.6 Å². The lowest BCUT2D eigenvalue weighted by molar-refractivity contribution is -0.138. The van der Waals surface area contributed by atoms with Crippen LogP contribution in [-0.2, 0) is 15.7 Å². The van der Waals surface area contributed by atoms with Crippen LogP contribution in [0, 0.1) is 0 Å². The zero-order chi connectivity index (χ0) is 25.2. The average Bonchev–Trinajstić information content (AvgIpc) is 2.83. The fourth-order valence-corrected chi connectivity index (χ4v) is 4.15. The molecule has 0 aliphatic carbocycles. The van der Waals surface area contributed by atoms with Gasteiger partial charge in [-0.25, -0.2) is 0 Å². The van der Waals surface area contributed by atoms with Crippen molar-refractivity contribution in [2.24, 2.45) is 0 Å². The molecule has 2 aliphatic rings. The maximum Gasteiger partial charge on any atom is 0.419 e. The first kappa shape index (κ1) is 25.0. The Morgan fingerprint density at radius 1 is 1.03 bits per heavy atom. The Bertz CT molecular complexity index is 1030. The molecule has 9 nitrogen and oxygen atoms in total. The molecule has 35 heavy (non-hydrogen) atoms. The molecule has 2 aromatic rings. The predicted molar refractivity (Wildman–Crippen MR) is 123 cm³/mol. The number of amides is 1. The van der Waals surface area contributed by atoms with Crippen molar-refractivity contribution in [2.75, 3.05) is 61.7 Å². The zero-order valence-corrected chi connectivity index (χ0v) is 19.8. The molecule has 12 heteroatoms. The summed E-state index contributed by atoms with van der Waals surface area (Å²) in [6.45, 7) is 7.35. The summed E-state index contributed by atoms with van der Waals surface area (Å²) >= 11 is 0. The lowest BCUT2D eigenvalue weighted by Gasteiger charge is -2.37. The van der Waals surface area contributed by atoms with E-state index in [1.54, 1.807) is 0 Å². The molecular weight excluding hydrogens is 467 g/mol. The number of halogens is 3. The maximum atomic E-state index is 13.4. The summed E-state index contributed by atoms with van der Waals surface area (Å²) in [6.07, 6.45) is -4.68. The number of aromatic nitrogens is 2. The van der Waals surface area contributed by atoms with E-state index in [4.69, 9.17) is 14.2 Å². The highest BCUT2D eigenvalue weighted by Crippen LogP contribution is 2.37. The number of anilines is 3. The van der Waals surface area contributed by atoms with Gasteiger partial charge in [0.25, 0.3) is 5.91 Å². The number of nitrogens with one attached hydrogen (secondary N) is 1. The molecule has 1 amide bonds. The summed E-state index contributed by atoms with van der Waals surface area (Å²) < 4.78 is 56.1. The number of ether oxygens (including phenoxy) is 3. The van der Waals surface area contributed by atoms with E-state index in [9.17, 15) is 18.0 Å². The second-order valence-electron chi connectivity index (χ2n) is 8.51. The Morgan fingerprint density at radius 3 is 2.09 bits per heavy atom. The number of carbonyl (C=O) groups excluding carboxylic acids is 1. The monoisotopic (exact) mass is 495 g/mol. The summed E-state index contributed by atoms with van der Waals surface area (Å²) in [5, 5.41) is 2.58. The van der Waals surface area contributed by atoms with Crippen molar-refractivity contribution >= 4 is 23.5 Å². The van der Waals surface area contributed by atoms with Gasteiger partial charge < -0.3 is 24.0 Å². The number of nitrogens with zero attached hydrogens (tertiary/aromatic N) is 4. The minimum absolute atomic E-state index is 0.00394. The van der Waals surface area contributed by atoms with E-state index in [0.717, 1.165) is 19.2 Å². The Labute approximate surface area is 201 Å². The van der Waals surface area contributed by atoms with Crippen LogP contribution in [0.4, 0.5) is 30.8 Å². The predicted octanol–water partition coefficient (Wildman–Crippen LogP) is 3.21. The van der Waals surface area contributed by atoms with Gasteiger partial charge in [-0.3, -0.25) is 10.1 Å². The SMILES string of the molecule is COc1ccc(C(=O)Nc2nc(N3CCOC[C@@H]3C)cc(N3CCOC[C@@H]3C)n2)cc1C(F)(F)F. The van der Waals surface area contributed by atoms with E-state index in [0.29, 0.717) is 51.2 Å². The molecular formula is C23H28F3N5O4. The van der Waals surface area contributed by atoms with Crippen LogP contribution in [0.5, 0.6) is 5.75 Å². The molecule has 2 atom stereocenters. The molecule has 0 radical (unpaired) electrons. The number of benzene rings is 1. The Morgan fingerprint density at radius 2 is 1.60 bits per heavy atom. The largest absolute Gasteiger partial charge is 0.496 e. The van der Waals surface area contributed by atoms with Gasteiger partial charge in [-0.1, -0.05) is 0 Å². The lowest BCUT2D eigenvalue weighted by atomic mass is 10.1. The van der Waals surface area contributed by atoms with Crippen molar-refractivity contribution < 1.29 is 32.2 Å². The second-order valence-corrected chi connectivity index (χ2v) is 8.51. The van der Waals surface area contributed by atoms with Crippen LogP contribution in [0.3, 0.4) is 0 Å². The molecule has 190 valence electrons. The molecule has 0 bridgehead atoms. The molecule has 3 heterocycles. The van der Waals surface area contributed by atoms with Gasteiger partial charge in [-0.2, -0.15) is 23.1 Å². The summed E-state index contributed by atoms with van der Waals surface area (Å²) in [5.41, 5.74) is -1.22. The molecule has 2 aliphatic heterocycles. The molecule has 1 aromatic heterocycles. The van der Waals surface area contributed by atoms with Crippen molar-refractivity contribution in [3.8, 4) is 5.75 Å². The van der Waals surface area contributed by atoms with Crippen molar-refractivity contribution in [1.82, 2.24) is 9.97 Å². The van der Waals surface area contributed by atoms with Gasteiger partial charge in [0.2, 0.25) is 5.95 Å². The van der Waals surface area contributed by atoms with Crippen LogP contribution in [0.25, 0.3) is 0 Å². The first-order chi connectivity index (χ1) is 16.7. The Balaban J connectivity index is 1.67. The third kappa shape index (κ3) is 5.59. The molecule has 2 fully saturated rings. The maximum absolute atomic E-state index is 13.4. The highest BCUT2D eigenvalue weighted by Gasteiger charge is 2.35. The Kier molecular flexibility index (Phi) is 7.31. The van der Waals surface area contributed by atoms with Gasteiger partial charge in [0.05, 0.1) is 51.2 Å². The molecule has 0 spiro atoms. The van der Waals surface area contributed by atoms with E-state index >= 15 is 0 Å². The van der Waals surface area contributed by atoms with Crippen molar-refractivity contribution in [1.29, 1.82) is 0 Å². The first-order valence-electron chi connectivity index (χ1n) is 11.3. The zero-order valence-electron chi connectivity index (χ0n) is 19.8. The smallest absolute Gasteiger partial charge is 0.419 e. The molecule has 4 rings (SSSR count). The lowest BCUT2D eigenvalue weighted by Crippen LogP contribution is -2.46. The minimum atomic E-state index is -4.68. The average molecular weight is 496 g/mol. The number of carbonyl (C=O) groups is 1. The van der Waals surface area contributed by atoms with Gasteiger partial charge in [-0.05, 0) is 32.0 Å². The van der Waals surface area contributed by atoms with Crippen LogP contribution >= 0.6 is 0 Å². The van der Waals surface area contributed by atoms with Crippen LogP contribution in [-0.4, -0.2) is 74.6 Å². The van der Waals surface area contributed by atoms with Crippen LogP contribution in [0.15, 0.2) is 24.3 Å². The normalized spacial score (nSPS) is 21.1. The van der Waals surface area contributed by atoms with E-state index in [2.05, 4.69) is 25.1 Å². The summed E-state index contributed by atoms with van der Waals surface area (Å²) in [7, 11) is 1.14. The fourth-order valence-electron chi connectivity index (χ4n) is 4.15. The molecule has 1 N–H and O–H groups in total. The third-order valence-corrected chi connectivity index (χ3v) is 6.02. The van der Waals surface area contributed by atoms with Gasteiger partial charge in [0.15, 0.2) is 0 Å². The number of hydrogen-bond acceptors (Lipinski definition) is 8. The van der Waals surface area contributed by atoms with E-state index in [-0.39, 0.29) is 29.3 Å². The second kappa shape index (κ2) is 10.2. The quantitative estimate of drug-likeness (QED) is 0.677. The van der Waals surface area contributed by atoms with E-state index in [1.807, 2.05) is 19.9 Å². The highest BCUT2D eigenvalue weighted by atomic mass is 19.4. The number of methoxy groups -OCH3 is 1. The molecule has 0 unspecified atom stereocenters. The minimum Gasteiger partial charge on any atom is -0.496 e. The highest BCUT2D eigenvalue weighted by molar-refractivity contribution is 6.03. The number of rotatable bonds is 5. The topological polar surface area (TPSA) is 89.0 Å². The van der Waals surface area contributed by atoms with Crippen molar-refractivity contribution in [2.45, 2.75) is 32.1 Å². The summed E-state index contributed by atoms with van der Waals surface area (Å²) in [5.74, 6) is 0.0868. The first-order valence-corrected chi connectivity index (χ1v) is 11.3. The van der Waals surface area contributed by atoms with Gasteiger partial charge in [0, 0.05) is 24.7 Å². The van der Waals surface area contributed by atoms with Crippen LogP contribution in [0.1, 0.15) is 29.8 Å².